The smallest absolute Gasteiger partial charge is 0.336 e. The first-order chi connectivity index (χ1) is 8.68. The molecule has 0 unspecified atom stereocenters. The van der Waals surface area contributed by atoms with Gasteiger partial charge < -0.3 is 9.84 Å². The molecule has 0 spiro atoms. The van der Waals surface area contributed by atoms with Gasteiger partial charge >= 0.3 is 5.97 Å². The van der Waals surface area contributed by atoms with Crippen LogP contribution in [0.25, 0.3) is 5.57 Å². The number of allylic oxidation sites excluding steroid dienone is 1. The molecule has 0 aromatic heterocycles. The molecule has 0 radical (unpaired) electrons. The Bertz CT molecular complexity index is 515. The molecule has 0 bridgehead atoms. The van der Waals surface area contributed by atoms with Crippen molar-refractivity contribution < 1.29 is 14.6 Å². The van der Waals surface area contributed by atoms with E-state index < -0.39 is 5.97 Å². The second-order valence-corrected chi connectivity index (χ2v) is 5.85. The van der Waals surface area contributed by atoms with E-state index in [2.05, 4.69) is 20.8 Å². The lowest BCUT2D eigenvalue weighted by Gasteiger charge is -2.21. The molecule has 104 valence electrons. The van der Waals surface area contributed by atoms with Gasteiger partial charge in [0, 0.05) is 5.56 Å². The highest BCUT2D eigenvalue weighted by molar-refractivity contribution is 6.17. The van der Waals surface area contributed by atoms with Crippen LogP contribution in [0.3, 0.4) is 0 Å². The van der Waals surface area contributed by atoms with Crippen LogP contribution in [0.1, 0.15) is 45.7 Å². The first-order valence-corrected chi connectivity index (χ1v) is 6.28. The van der Waals surface area contributed by atoms with Crippen LogP contribution in [-0.2, 0) is 10.2 Å². The quantitative estimate of drug-likeness (QED) is 0.841. The number of benzene rings is 1. The minimum Gasteiger partial charge on any atom is -0.496 e. The highest BCUT2D eigenvalue weighted by Crippen LogP contribution is 2.33. The minimum atomic E-state index is -0.927. The lowest BCUT2D eigenvalue weighted by atomic mass is 9.84. The zero-order valence-corrected chi connectivity index (χ0v) is 12.5. The average Bonchev–Trinajstić information content (AvgIpc) is 2.26. The number of carbonyl (C=O) groups is 1. The van der Waals surface area contributed by atoms with Crippen molar-refractivity contribution in [2.75, 3.05) is 7.11 Å². The van der Waals surface area contributed by atoms with Crippen LogP contribution in [0.2, 0.25) is 0 Å². The molecule has 0 atom stereocenters. The summed E-state index contributed by atoms with van der Waals surface area (Å²) >= 11 is 0. The Kier molecular flexibility index (Phi) is 4.40. The van der Waals surface area contributed by atoms with Crippen molar-refractivity contribution in [2.45, 2.75) is 40.0 Å². The molecule has 0 aliphatic carbocycles. The summed E-state index contributed by atoms with van der Waals surface area (Å²) in [4.78, 5) is 11.5. The van der Waals surface area contributed by atoms with E-state index in [-0.39, 0.29) is 5.41 Å². The summed E-state index contributed by atoms with van der Waals surface area (Å²) in [6.07, 6.45) is 0. The van der Waals surface area contributed by atoms with Gasteiger partial charge in [0.2, 0.25) is 0 Å². The average molecular weight is 262 g/mol. The topological polar surface area (TPSA) is 46.5 Å². The van der Waals surface area contributed by atoms with Crippen LogP contribution in [0.5, 0.6) is 5.75 Å². The SMILES string of the molecule is COc1ccc(C(C)(C)C)cc1C(C(=O)O)=C(C)C. The van der Waals surface area contributed by atoms with Gasteiger partial charge in [-0.1, -0.05) is 32.4 Å². The molecule has 0 amide bonds. The minimum absolute atomic E-state index is 0.0354. The third-order valence-electron chi connectivity index (χ3n) is 3.05. The van der Waals surface area contributed by atoms with E-state index in [0.29, 0.717) is 16.9 Å². The highest BCUT2D eigenvalue weighted by atomic mass is 16.5. The predicted molar refractivity (Wildman–Crippen MR) is 77.6 cm³/mol. The summed E-state index contributed by atoms with van der Waals surface area (Å²) < 4.78 is 5.30. The first kappa shape index (κ1) is 15.3. The van der Waals surface area contributed by atoms with Gasteiger partial charge in [0.05, 0.1) is 12.7 Å². The second-order valence-electron chi connectivity index (χ2n) is 5.85. The molecule has 3 nitrogen and oxygen atoms in total. The third kappa shape index (κ3) is 3.37. The van der Waals surface area contributed by atoms with Crippen LogP contribution in [0, 0.1) is 0 Å². The van der Waals surface area contributed by atoms with E-state index >= 15 is 0 Å². The number of carboxylic acids is 1. The molecule has 0 aliphatic rings. The van der Waals surface area contributed by atoms with Crippen LogP contribution >= 0.6 is 0 Å². The molecule has 3 heteroatoms. The number of aliphatic carboxylic acids is 1. The number of hydrogen-bond acceptors (Lipinski definition) is 2. The first-order valence-electron chi connectivity index (χ1n) is 6.28. The zero-order chi connectivity index (χ0) is 14.8. The molecular weight excluding hydrogens is 240 g/mol. The molecule has 0 heterocycles. The van der Waals surface area contributed by atoms with Crippen molar-refractivity contribution in [3.05, 3.63) is 34.9 Å². The maximum absolute atomic E-state index is 11.5. The van der Waals surface area contributed by atoms with Crippen LogP contribution < -0.4 is 4.74 Å². The standard InChI is InChI=1S/C16H22O3/c1-10(2)14(15(17)18)12-9-11(16(3,4)5)7-8-13(12)19-6/h7-9H,1-6H3,(H,17,18). The molecule has 0 fully saturated rings. The molecule has 1 aromatic rings. The summed E-state index contributed by atoms with van der Waals surface area (Å²) in [7, 11) is 1.56. The van der Waals surface area contributed by atoms with Crippen molar-refractivity contribution in [2.24, 2.45) is 0 Å². The van der Waals surface area contributed by atoms with E-state index in [1.54, 1.807) is 21.0 Å². The molecule has 0 aliphatic heterocycles. The second kappa shape index (κ2) is 5.47. The van der Waals surface area contributed by atoms with Gasteiger partial charge in [-0.3, -0.25) is 0 Å². The van der Waals surface area contributed by atoms with Crippen LogP contribution in [0.15, 0.2) is 23.8 Å². The Hall–Kier alpha value is -1.77. The van der Waals surface area contributed by atoms with E-state index in [1.165, 1.54) is 0 Å². The number of carboxylic acid groups (broad SMARTS) is 1. The maximum atomic E-state index is 11.5. The van der Waals surface area contributed by atoms with Crippen molar-refractivity contribution in [3.8, 4) is 5.75 Å². The monoisotopic (exact) mass is 262 g/mol. The fourth-order valence-electron chi connectivity index (χ4n) is 1.97. The van der Waals surface area contributed by atoms with Gasteiger partial charge in [0.25, 0.3) is 0 Å². The van der Waals surface area contributed by atoms with Crippen molar-refractivity contribution in [1.82, 2.24) is 0 Å². The van der Waals surface area contributed by atoms with Gasteiger partial charge in [0.1, 0.15) is 5.75 Å². The highest BCUT2D eigenvalue weighted by Gasteiger charge is 2.21. The number of rotatable bonds is 3. The predicted octanol–water partition coefficient (Wildman–Crippen LogP) is 3.87. The Balaban J connectivity index is 3.56. The van der Waals surface area contributed by atoms with Crippen molar-refractivity contribution >= 4 is 11.5 Å². The zero-order valence-electron chi connectivity index (χ0n) is 12.5. The van der Waals surface area contributed by atoms with E-state index in [4.69, 9.17) is 4.74 Å². The van der Waals surface area contributed by atoms with E-state index in [1.807, 2.05) is 18.2 Å². The Morgan fingerprint density at radius 2 is 1.79 bits per heavy atom. The number of ether oxygens (including phenoxy) is 1. The molecule has 19 heavy (non-hydrogen) atoms. The molecule has 1 N–H and O–H groups in total. The van der Waals surface area contributed by atoms with Gasteiger partial charge in [-0.25, -0.2) is 4.79 Å². The fourth-order valence-corrected chi connectivity index (χ4v) is 1.97. The van der Waals surface area contributed by atoms with Gasteiger partial charge in [-0.15, -0.1) is 0 Å². The van der Waals surface area contributed by atoms with E-state index in [0.717, 1.165) is 11.1 Å². The molecule has 1 rings (SSSR count). The van der Waals surface area contributed by atoms with Gasteiger partial charge in [-0.05, 0) is 37.0 Å². The lowest BCUT2D eigenvalue weighted by molar-refractivity contribution is -0.130. The molecule has 1 aromatic carbocycles. The Morgan fingerprint density at radius 1 is 1.21 bits per heavy atom. The van der Waals surface area contributed by atoms with Gasteiger partial charge in [-0.2, -0.15) is 0 Å². The van der Waals surface area contributed by atoms with Crippen LogP contribution in [0.4, 0.5) is 0 Å². The normalized spacial score (nSPS) is 11.1. The van der Waals surface area contributed by atoms with E-state index in [9.17, 15) is 9.90 Å². The molecule has 0 saturated carbocycles. The molecular formula is C16H22O3. The van der Waals surface area contributed by atoms with Gasteiger partial charge in [0.15, 0.2) is 0 Å². The number of methoxy groups -OCH3 is 1. The Labute approximate surface area is 114 Å². The lowest BCUT2D eigenvalue weighted by Crippen LogP contribution is -2.12. The summed E-state index contributed by atoms with van der Waals surface area (Å²) in [5, 5.41) is 9.40. The summed E-state index contributed by atoms with van der Waals surface area (Å²) in [6, 6.07) is 5.73. The van der Waals surface area contributed by atoms with Crippen LogP contribution in [-0.4, -0.2) is 18.2 Å². The fraction of sp³-hybridized carbons (Fsp3) is 0.438. The van der Waals surface area contributed by atoms with Crippen molar-refractivity contribution in [3.63, 3.8) is 0 Å². The number of hydrogen-bond donors (Lipinski definition) is 1. The summed E-state index contributed by atoms with van der Waals surface area (Å²) in [5.41, 5.74) is 2.76. The van der Waals surface area contributed by atoms with Crippen molar-refractivity contribution in [1.29, 1.82) is 0 Å². The Morgan fingerprint density at radius 3 is 2.16 bits per heavy atom. The summed E-state index contributed by atoms with van der Waals surface area (Å²) in [5.74, 6) is -0.337. The summed E-state index contributed by atoms with van der Waals surface area (Å²) in [6.45, 7) is 9.89. The third-order valence-corrected chi connectivity index (χ3v) is 3.05. The molecule has 0 saturated heterocycles. The largest absolute Gasteiger partial charge is 0.496 e. The maximum Gasteiger partial charge on any atom is 0.336 e.